The maximum atomic E-state index is 12.9. The number of aryl methyl sites for hydroxylation is 1. The number of rotatable bonds is 6. The number of ether oxygens (including phenoxy) is 2. The van der Waals surface area contributed by atoms with Crippen molar-refractivity contribution < 1.29 is 23.9 Å². The number of nitrogens with one attached hydrogen (secondary N) is 3. The number of hydrogen-bond donors (Lipinski definition) is 3. The first-order chi connectivity index (χ1) is 17.1. The molecule has 2 aromatic carbocycles. The fourth-order valence-corrected chi connectivity index (χ4v) is 5.25. The maximum Gasteiger partial charge on any atom is 0.325 e. The van der Waals surface area contributed by atoms with Crippen LogP contribution < -0.4 is 20.1 Å². The van der Waals surface area contributed by atoms with Crippen molar-refractivity contribution in [1.82, 2.24) is 20.5 Å². The molecule has 6 rings (SSSR count). The van der Waals surface area contributed by atoms with E-state index in [0.29, 0.717) is 11.5 Å². The molecular formula is C26H26N4O5. The molecule has 9 heteroatoms. The van der Waals surface area contributed by atoms with E-state index in [-0.39, 0.29) is 44.0 Å². The molecule has 0 unspecified atom stereocenters. The van der Waals surface area contributed by atoms with Gasteiger partial charge in [0.25, 0.3) is 5.91 Å². The summed E-state index contributed by atoms with van der Waals surface area (Å²) in [4.78, 5) is 42.7. The third-order valence-corrected chi connectivity index (χ3v) is 6.99. The van der Waals surface area contributed by atoms with Crippen molar-refractivity contribution in [2.24, 2.45) is 0 Å². The Balaban J connectivity index is 1.06. The van der Waals surface area contributed by atoms with Crippen molar-refractivity contribution in [2.45, 2.75) is 50.7 Å². The molecule has 0 radical (unpaired) electrons. The molecule has 3 aliphatic rings. The molecule has 1 aromatic heterocycles. The van der Waals surface area contributed by atoms with E-state index in [4.69, 9.17) is 9.47 Å². The number of urea groups is 1. The standard InChI is InChI=1S/C26H26N4O5/c31-23(27-19-7-3-5-17-16-4-1-2-6-18(16)28-24(17)19)11-9-20-25(32)30(26(33)29-20)13-15-8-10-21-22(12-15)35-14-34-21/h1-2,4,6,8,10,12,19-20,28H,3,5,7,9,11,13-14H2,(H,27,31)(H,29,33)/t19-,20+/m1/s1. The van der Waals surface area contributed by atoms with E-state index in [1.807, 2.05) is 12.1 Å². The van der Waals surface area contributed by atoms with Crippen LogP contribution in [0.1, 0.15) is 48.5 Å². The highest BCUT2D eigenvalue weighted by molar-refractivity contribution is 6.04. The van der Waals surface area contributed by atoms with Crippen molar-refractivity contribution in [3.05, 3.63) is 59.3 Å². The number of carbonyl (C=O) groups is 3. The summed E-state index contributed by atoms with van der Waals surface area (Å²) >= 11 is 0. The van der Waals surface area contributed by atoms with Crippen LogP contribution in [0.15, 0.2) is 42.5 Å². The minimum atomic E-state index is -0.711. The van der Waals surface area contributed by atoms with Gasteiger partial charge in [-0.15, -0.1) is 0 Å². The van der Waals surface area contributed by atoms with Gasteiger partial charge in [0.1, 0.15) is 6.04 Å². The van der Waals surface area contributed by atoms with Crippen molar-refractivity contribution in [3.63, 3.8) is 0 Å². The zero-order valence-corrected chi connectivity index (χ0v) is 19.1. The van der Waals surface area contributed by atoms with Gasteiger partial charge in [0, 0.05) is 23.0 Å². The van der Waals surface area contributed by atoms with Gasteiger partial charge in [-0.25, -0.2) is 4.79 Å². The van der Waals surface area contributed by atoms with Crippen LogP contribution in [0.25, 0.3) is 10.9 Å². The molecule has 35 heavy (non-hydrogen) atoms. The van der Waals surface area contributed by atoms with E-state index < -0.39 is 12.1 Å². The van der Waals surface area contributed by atoms with Gasteiger partial charge in [-0.3, -0.25) is 14.5 Å². The molecule has 0 spiro atoms. The third-order valence-electron chi connectivity index (χ3n) is 6.99. The molecular weight excluding hydrogens is 448 g/mol. The van der Waals surface area contributed by atoms with Crippen molar-refractivity contribution in [3.8, 4) is 11.5 Å². The number of imide groups is 1. The van der Waals surface area contributed by atoms with Gasteiger partial charge < -0.3 is 25.1 Å². The predicted octanol–water partition coefficient (Wildman–Crippen LogP) is 3.29. The van der Waals surface area contributed by atoms with Crippen LogP contribution in [0.2, 0.25) is 0 Å². The van der Waals surface area contributed by atoms with Crippen molar-refractivity contribution in [2.75, 3.05) is 6.79 Å². The minimum absolute atomic E-state index is 0.0740. The van der Waals surface area contributed by atoms with Crippen LogP contribution in [-0.4, -0.2) is 40.6 Å². The van der Waals surface area contributed by atoms with E-state index in [1.54, 1.807) is 18.2 Å². The molecule has 0 saturated carbocycles. The highest BCUT2D eigenvalue weighted by Gasteiger charge is 2.38. The second-order valence-corrected chi connectivity index (χ2v) is 9.23. The van der Waals surface area contributed by atoms with Crippen LogP contribution >= 0.6 is 0 Å². The first-order valence-electron chi connectivity index (χ1n) is 12.0. The monoisotopic (exact) mass is 474 g/mol. The first kappa shape index (κ1) is 21.5. The summed E-state index contributed by atoms with van der Waals surface area (Å²) in [6.45, 7) is 0.295. The smallest absolute Gasteiger partial charge is 0.325 e. The number of aromatic amines is 1. The molecule has 9 nitrogen and oxygen atoms in total. The molecule has 1 aliphatic carbocycles. The van der Waals surface area contributed by atoms with Gasteiger partial charge in [-0.1, -0.05) is 24.3 Å². The summed E-state index contributed by atoms with van der Waals surface area (Å²) in [5.41, 5.74) is 4.20. The molecule has 180 valence electrons. The average Bonchev–Trinajstić information content (AvgIpc) is 3.55. The summed E-state index contributed by atoms with van der Waals surface area (Å²) in [5.74, 6) is 0.796. The molecule has 2 aliphatic heterocycles. The van der Waals surface area contributed by atoms with E-state index in [9.17, 15) is 14.4 Å². The average molecular weight is 475 g/mol. The number of carbonyl (C=O) groups excluding carboxylic acids is 3. The number of H-pyrrole nitrogens is 1. The van der Waals surface area contributed by atoms with Crippen LogP contribution in [0.3, 0.4) is 0 Å². The second kappa shape index (κ2) is 8.65. The van der Waals surface area contributed by atoms with E-state index >= 15 is 0 Å². The summed E-state index contributed by atoms with van der Waals surface area (Å²) in [6, 6.07) is 12.3. The Kier molecular flexibility index (Phi) is 5.32. The Hall–Kier alpha value is -4.01. The highest BCUT2D eigenvalue weighted by atomic mass is 16.7. The summed E-state index contributed by atoms with van der Waals surface area (Å²) in [6.07, 6.45) is 3.27. The van der Waals surface area contributed by atoms with E-state index in [1.165, 1.54) is 15.8 Å². The van der Waals surface area contributed by atoms with Crippen LogP contribution in [0.4, 0.5) is 4.79 Å². The zero-order chi connectivity index (χ0) is 23.9. The van der Waals surface area contributed by atoms with E-state index in [0.717, 1.165) is 36.0 Å². The van der Waals surface area contributed by atoms with Gasteiger partial charge in [0.05, 0.1) is 12.6 Å². The van der Waals surface area contributed by atoms with Gasteiger partial charge in [0.2, 0.25) is 12.7 Å². The molecule has 3 N–H and O–H groups in total. The zero-order valence-electron chi connectivity index (χ0n) is 19.1. The minimum Gasteiger partial charge on any atom is -0.454 e. The quantitative estimate of drug-likeness (QED) is 0.475. The molecule has 3 heterocycles. The lowest BCUT2D eigenvalue weighted by Gasteiger charge is -2.24. The Morgan fingerprint density at radius 2 is 1.97 bits per heavy atom. The lowest BCUT2D eigenvalue weighted by Crippen LogP contribution is -2.34. The number of benzene rings is 2. The summed E-state index contributed by atoms with van der Waals surface area (Å²) in [7, 11) is 0. The molecule has 1 fully saturated rings. The van der Waals surface area contributed by atoms with Gasteiger partial charge in [-0.05, 0) is 55.0 Å². The van der Waals surface area contributed by atoms with Crippen LogP contribution in [0, 0.1) is 0 Å². The van der Waals surface area contributed by atoms with Crippen molar-refractivity contribution in [1.29, 1.82) is 0 Å². The Morgan fingerprint density at radius 3 is 2.89 bits per heavy atom. The fraction of sp³-hybridized carbons (Fsp3) is 0.346. The number of aromatic nitrogens is 1. The number of nitrogens with zero attached hydrogens (tertiary/aromatic N) is 1. The molecule has 1 saturated heterocycles. The molecule has 3 aromatic rings. The van der Waals surface area contributed by atoms with Crippen LogP contribution in [0.5, 0.6) is 11.5 Å². The number of amides is 4. The normalized spacial score (nSPS) is 20.7. The third kappa shape index (κ3) is 3.96. The van der Waals surface area contributed by atoms with Crippen LogP contribution in [-0.2, 0) is 22.6 Å². The Labute approximate surface area is 201 Å². The fourth-order valence-electron chi connectivity index (χ4n) is 5.25. The Morgan fingerprint density at radius 1 is 1.11 bits per heavy atom. The van der Waals surface area contributed by atoms with E-state index in [2.05, 4.69) is 27.8 Å². The maximum absolute atomic E-state index is 12.9. The topological polar surface area (TPSA) is 113 Å². The molecule has 4 amide bonds. The Bertz CT molecular complexity index is 1330. The predicted molar refractivity (Wildman–Crippen MR) is 127 cm³/mol. The summed E-state index contributed by atoms with van der Waals surface area (Å²) in [5, 5.41) is 7.05. The lowest BCUT2D eigenvalue weighted by atomic mass is 9.91. The largest absolute Gasteiger partial charge is 0.454 e. The second-order valence-electron chi connectivity index (χ2n) is 9.23. The van der Waals surface area contributed by atoms with Gasteiger partial charge in [0.15, 0.2) is 11.5 Å². The van der Waals surface area contributed by atoms with Gasteiger partial charge >= 0.3 is 6.03 Å². The highest BCUT2D eigenvalue weighted by Crippen LogP contribution is 2.35. The molecule has 0 bridgehead atoms. The van der Waals surface area contributed by atoms with Crippen molar-refractivity contribution >= 4 is 28.7 Å². The van der Waals surface area contributed by atoms with Gasteiger partial charge in [-0.2, -0.15) is 0 Å². The lowest BCUT2D eigenvalue weighted by molar-refractivity contribution is -0.128. The molecule has 2 atom stereocenters. The summed E-state index contributed by atoms with van der Waals surface area (Å²) < 4.78 is 10.7. The first-order valence-corrected chi connectivity index (χ1v) is 12.0. The number of fused-ring (bicyclic) bond motifs is 4. The number of para-hydroxylation sites is 1. The SMILES string of the molecule is O=C(CC[C@@H]1NC(=O)N(Cc2ccc3c(c2)OCO3)C1=O)N[C@@H]1CCCc2c1[nH]c1ccccc21. The number of hydrogen-bond acceptors (Lipinski definition) is 5.